The minimum Gasteiger partial charge on any atom is -0.443 e. The van der Waals surface area contributed by atoms with E-state index in [4.69, 9.17) is 26.7 Å². The summed E-state index contributed by atoms with van der Waals surface area (Å²) in [7, 11) is 0. The number of rotatable bonds is 4. The van der Waals surface area contributed by atoms with Crippen LogP contribution in [0.25, 0.3) is 33.6 Å². The molecule has 1 aliphatic rings. The lowest BCUT2D eigenvalue weighted by Crippen LogP contribution is -2.09. The third-order valence-electron chi connectivity index (χ3n) is 4.55. The number of fused-ring (bicyclic) bond motifs is 1. The SMILES string of the molecule is Nc1nc(-c2ccccc2)c(-c2cc(Cl)c3ncoc3c2)nc1NC1CC1. The van der Waals surface area contributed by atoms with Gasteiger partial charge in [0.25, 0.3) is 0 Å². The van der Waals surface area contributed by atoms with Gasteiger partial charge in [-0.05, 0) is 25.0 Å². The Labute approximate surface area is 160 Å². The highest BCUT2D eigenvalue weighted by Gasteiger charge is 2.24. The highest BCUT2D eigenvalue weighted by atomic mass is 35.5. The first-order valence-corrected chi connectivity index (χ1v) is 9.09. The molecule has 4 aromatic rings. The zero-order valence-electron chi connectivity index (χ0n) is 14.3. The zero-order valence-corrected chi connectivity index (χ0v) is 15.1. The van der Waals surface area contributed by atoms with Crippen molar-refractivity contribution in [3.8, 4) is 22.5 Å². The zero-order chi connectivity index (χ0) is 18.4. The molecule has 2 heterocycles. The normalized spacial score (nSPS) is 13.8. The van der Waals surface area contributed by atoms with Gasteiger partial charge in [-0.1, -0.05) is 41.9 Å². The van der Waals surface area contributed by atoms with Crippen LogP contribution in [0.1, 0.15) is 12.8 Å². The summed E-state index contributed by atoms with van der Waals surface area (Å²) in [5, 5.41) is 3.86. The van der Waals surface area contributed by atoms with Crippen molar-refractivity contribution in [3.63, 3.8) is 0 Å². The van der Waals surface area contributed by atoms with Crippen LogP contribution in [-0.4, -0.2) is 21.0 Å². The average molecular weight is 378 g/mol. The first-order valence-electron chi connectivity index (χ1n) is 8.71. The van der Waals surface area contributed by atoms with Crippen LogP contribution in [0.15, 0.2) is 53.3 Å². The van der Waals surface area contributed by atoms with Crippen LogP contribution in [0.5, 0.6) is 0 Å². The summed E-state index contributed by atoms with van der Waals surface area (Å²) >= 11 is 6.41. The molecular formula is C20H16ClN5O. The number of nitrogen functional groups attached to an aromatic ring is 1. The van der Waals surface area contributed by atoms with Gasteiger partial charge in [0, 0.05) is 17.2 Å². The monoisotopic (exact) mass is 377 g/mol. The van der Waals surface area contributed by atoms with Gasteiger partial charge < -0.3 is 15.5 Å². The third-order valence-corrected chi connectivity index (χ3v) is 4.84. The lowest BCUT2D eigenvalue weighted by Gasteiger charge is -2.14. The summed E-state index contributed by atoms with van der Waals surface area (Å²) in [6.07, 6.45) is 3.62. The molecule has 0 amide bonds. The molecule has 7 heteroatoms. The number of nitrogens with zero attached hydrogens (tertiary/aromatic N) is 3. The fourth-order valence-corrected chi connectivity index (χ4v) is 3.30. The van der Waals surface area contributed by atoms with Gasteiger partial charge in [0.2, 0.25) is 0 Å². The number of benzene rings is 2. The predicted octanol–water partition coefficient (Wildman–Crippen LogP) is 4.76. The number of nitrogens with one attached hydrogen (secondary N) is 1. The molecule has 6 nitrogen and oxygen atoms in total. The van der Waals surface area contributed by atoms with Crippen molar-refractivity contribution < 1.29 is 4.42 Å². The Balaban J connectivity index is 1.74. The molecule has 0 spiro atoms. The molecule has 1 fully saturated rings. The molecule has 27 heavy (non-hydrogen) atoms. The van der Waals surface area contributed by atoms with Crippen LogP contribution < -0.4 is 11.1 Å². The Morgan fingerprint density at radius 2 is 1.81 bits per heavy atom. The van der Waals surface area contributed by atoms with Crippen molar-refractivity contribution in [2.24, 2.45) is 0 Å². The van der Waals surface area contributed by atoms with Gasteiger partial charge >= 0.3 is 0 Å². The van der Waals surface area contributed by atoms with Crippen molar-refractivity contribution in [1.29, 1.82) is 0 Å². The Bertz CT molecular complexity index is 1140. The Morgan fingerprint density at radius 1 is 1.04 bits per heavy atom. The number of anilines is 2. The Kier molecular flexibility index (Phi) is 3.72. The van der Waals surface area contributed by atoms with Crippen molar-refractivity contribution in [2.45, 2.75) is 18.9 Å². The Morgan fingerprint density at radius 3 is 2.59 bits per heavy atom. The second-order valence-electron chi connectivity index (χ2n) is 6.60. The standard InChI is InChI=1S/C20H16ClN5O/c21-14-8-12(9-15-18(14)23-10-27-15)17-16(11-4-2-1-3-5-11)25-19(22)20(26-17)24-13-6-7-13/h1-5,8-10,13H,6-7H2,(H2,22,25)(H,24,26). The lowest BCUT2D eigenvalue weighted by molar-refractivity contribution is 0.602. The smallest absolute Gasteiger partial charge is 0.182 e. The number of halogens is 1. The van der Waals surface area contributed by atoms with E-state index in [1.165, 1.54) is 6.39 Å². The van der Waals surface area contributed by atoms with Crippen molar-refractivity contribution >= 4 is 34.3 Å². The maximum absolute atomic E-state index is 6.41. The van der Waals surface area contributed by atoms with Gasteiger partial charge in [0.1, 0.15) is 5.52 Å². The summed E-state index contributed by atoms with van der Waals surface area (Å²) in [6, 6.07) is 14.0. The van der Waals surface area contributed by atoms with Crippen molar-refractivity contribution in [2.75, 3.05) is 11.1 Å². The van der Waals surface area contributed by atoms with Gasteiger partial charge in [-0.25, -0.2) is 15.0 Å². The molecule has 0 saturated heterocycles. The highest BCUT2D eigenvalue weighted by molar-refractivity contribution is 6.35. The molecule has 0 aliphatic heterocycles. The molecule has 0 unspecified atom stereocenters. The second-order valence-corrected chi connectivity index (χ2v) is 7.00. The molecule has 2 aromatic heterocycles. The molecule has 0 radical (unpaired) electrons. The molecule has 5 rings (SSSR count). The largest absolute Gasteiger partial charge is 0.443 e. The topological polar surface area (TPSA) is 89.9 Å². The fraction of sp³-hybridized carbons (Fsp3) is 0.150. The van der Waals surface area contributed by atoms with Gasteiger partial charge in [-0.2, -0.15) is 0 Å². The van der Waals surface area contributed by atoms with Gasteiger partial charge in [-0.3, -0.25) is 0 Å². The first-order chi connectivity index (χ1) is 13.2. The molecule has 1 aliphatic carbocycles. The number of nitrogens with two attached hydrogens (primary N) is 1. The number of aromatic nitrogens is 3. The number of oxazole rings is 1. The van der Waals surface area contributed by atoms with Crippen LogP contribution in [0.2, 0.25) is 5.02 Å². The summed E-state index contributed by atoms with van der Waals surface area (Å²) < 4.78 is 5.45. The molecule has 1 saturated carbocycles. The van der Waals surface area contributed by atoms with Crippen LogP contribution in [0.3, 0.4) is 0 Å². The predicted molar refractivity (Wildman–Crippen MR) is 107 cm³/mol. The summed E-state index contributed by atoms with van der Waals surface area (Å²) in [5.74, 6) is 0.984. The van der Waals surface area contributed by atoms with E-state index < -0.39 is 0 Å². The van der Waals surface area contributed by atoms with E-state index >= 15 is 0 Å². The molecule has 0 bridgehead atoms. The molecule has 2 aromatic carbocycles. The van der Waals surface area contributed by atoms with Crippen LogP contribution in [-0.2, 0) is 0 Å². The fourth-order valence-electron chi connectivity index (χ4n) is 3.04. The minimum absolute atomic E-state index is 0.386. The Hall–Kier alpha value is -3.12. The second kappa shape index (κ2) is 6.25. The van der Waals surface area contributed by atoms with Crippen LogP contribution >= 0.6 is 11.6 Å². The van der Waals surface area contributed by atoms with E-state index in [9.17, 15) is 0 Å². The lowest BCUT2D eigenvalue weighted by atomic mass is 10.0. The summed E-state index contributed by atoms with van der Waals surface area (Å²) in [6.45, 7) is 0. The van der Waals surface area contributed by atoms with E-state index in [2.05, 4.69) is 15.3 Å². The molecular weight excluding hydrogens is 362 g/mol. The van der Waals surface area contributed by atoms with E-state index in [1.807, 2.05) is 42.5 Å². The van der Waals surface area contributed by atoms with Crippen molar-refractivity contribution in [3.05, 3.63) is 53.9 Å². The maximum atomic E-state index is 6.41. The summed E-state index contributed by atoms with van der Waals surface area (Å²) in [5.41, 5.74) is 10.5. The highest BCUT2D eigenvalue weighted by Crippen LogP contribution is 2.37. The quantitative estimate of drug-likeness (QED) is 0.532. The summed E-state index contributed by atoms with van der Waals surface area (Å²) in [4.78, 5) is 13.6. The third kappa shape index (κ3) is 2.98. The van der Waals surface area contributed by atoms with Gasteiger partial charge in [-0.15, -0.1) is 0 Å². The minimum atomic E-state index is 0.386. The van der Waals surface area contributed by atoms with E-state index in [0.717, 1.165) is 24.0 Å². The molecule has 0 atom stereocenters. The average Bonchev–Trinajstić information content (AvgIpc) is 3.37. The van der Waals surface area contributed by atoms with E-state index in [0.29, 0.717) is 45.2 Å². The first kappa shape index (κ1) is 16.1. The number of hydrogen-bond donors (Lipinski definition) is 2. The molecule has 3 N–H and O–H groups in total. The maximum Gasteiger partial charge on any atom is 0.182 e. The van der Waals surface area contributed by atoms with Crippen LogP contribution in [0, 0.1) is 0 Å². The van der Waals surface area contributed by atoms with Gasteiger partial charge in [0.15, 0.2) is 23.6 Å². The molecule has 134 valence electrons. The van der Waals surface area contributed by atoms with E-state index in [-0.39, 0.29) is 0 Å². The van der Waals surface area contributed by atoms with E-state index in [1.54, 1.807) is 0 Å². The van der Waals surface area contributed by atoms with Crippen molar-refractivity contribution in [1.82, 2.24) is 15.0 Å². The number of hydrogen-bond acceptors (Lipinski definition) is 6. The van der Waals surface area contributed by atoms with Crippen LogP contribution in [0.4, 0.5) is 11.6 Å². The van der Waals surface area contributed by atoms with Gasteiger partial charge in [0.05, 0.1) is 16.4 Å².